The van der Waals surface area contributed by atoms with Gasteiger partial charge in [0, 0.05) is 24.6 Å². The van der Waals surface area contributed by atoms with E-state index in [1.807, 2.05) is 69.8 Å². The van der Waals surface area contributed by atoms with Gasteiger partial charge in [-0.25, -0.2) is 9.48 Å². The number of nitrogens with zero attached hydrogens (tertiary/aromatic N) is 3. The molecular formula is C26H34N4O4. The van der Waals surface area contributed by atoms with Crippen molar-refractivity contribution >= 4 is 17.0 Å². The van der Waals surface area contributed by atoms with Crippen LogP contribution in [0.4, 0.5) is 4.79 Å². The van der Waals surface area contributed by atoms with Crippen molar-refractivity contribution in [3.05, 3.63) is 42.2 Å². The van der Waals surface area contributed by atoms with E-state index in [0.717, 1.165) is 59.3 Å². The molecule has 0 aliphatic carbocycles. The lowest BCUT2D eigenvalue weighted by molar-refractivity contribution is -0.0390. The Hall–Kier alpha value is -3.13. The summed E-state index contributed by atoms with van der Waals surface area (Å²) >= 11 is 0. The van der Waals surface area contributed by atoms with Crippen molar-refractivity contribution in [1.29, 1.82) is 0 Å². The highest BCUT2D eigenvalue weighted by Crippen LogP contribution is 2.37. The second kappa shape index (κ2) is 9.25. The fraction of sp³-hybridized carbons (Fsp3) is 0.500. The van der Waals surface area contributed by atoms with Gasteiger partial charge in [0.25, 0.3) is 0 Å². The molecule has 1 aliphatic heterocycles. The van der Waals surface area contributed by atoms with Crippen molar-refractivity contribution in [1.82, 2.24) is 20.1 Å². The molecule has 1 aliphatic rings. The number of aromatic nitrogens is 3. The van der Waals surface area contributed by atoms with Crippen LogP contribution in [0.25, 0.3) is 22.2 Å². The first kappa shape index (κ1) is 24.0. The van der Waals surface area contributed by atoms with Crippen LogP contribution in [0.15, 0.2) is 36.7 Å². The maximum absolute atomic E-state index is 12.3. The number of ether oxygens (including phenoxy) is 3. The van der Waals surface area contributed by atoms with E-state index in [1.165, 1.54) is 0 Å². The van der Waals surface area contributed by atoms with Crippen LogP contribution in [0.5, 0.6) is 5.75 Å². The third kappa shape index (κ3) is 5.17. The fourth-order valence-electron chi connectivity index (χ4n) is 4.14. The highest BCUT2D eigenvalue weighted by atomic mass is 16.6. The molecule has 8 nitrogen and oxygen atoms in total. The highest BCUT2D eigenvalue weighted by molar-refractivity contribution is 5.92. The Kier molecular flexibility index (Phi) is 6.53. The van der Waals surface area contributed by atoms with Crippen molar-refractivity contribution in [2.75, 3.05) is 13.7 Å². The van der Waals surface area contributed by atoms with Gasteiger partial charge >= 0.3 is 6.09 Å². The van der Waals surface area contributed by atoms with Crippen molar-refractivity contribution in [3.8, 4) is 17.0 Å². The number of carbonyl (C=O) groups excluding carboxylic acids is 1. The number of alkyl carbamates (subject to hydrolysis) is 1. The SMILES string of the molecule is COc1c(-c2ccc(C(C)(C)NC(=O)OC(C)(C)C)cn2)ccc2nn(C3CCCCO3)cc12. The number of fused-ring (bicyclic) bond motifs is 1. The first-order chi connectivity index (χ1) is 16.1. The van der Waals surface area contributed by atoms with Gasteiger partial charge in [0.15, 0.2) is 0 Å². The molecule has 0 spiro atoms. The molecule has 1 saturated heterocycles. The molecule has 0 radical (unpaired) electrons. The van der Waals surface area contributed by atoms with Crippen LogP contribution in [0.3, 0.4) is 0 Å². The topological polar surface area (TPSA) is 87.5 Å². The van der Waals surface area contributed by atoms with Crippen LogP contribution in [0.2, 0.25) is 0 Å². The molecule has 2 aromatic heterocycles. The molecule has 1 unspecified atom stereocenters. The number of nitrogens with one attached hydrogen (secondary N) is 1. The molecule has 182 valence electrons. The Balaban J connectivity index is 1.59. The van der Waals surface area contributed by atoms with E-state index in [4.69, 9.17) is 19.3 Å². The average Bonchev–Trinajstić information content (AvgIpc) is 3.22. The number of carbonyl (C=O) groups is 1. The summed E-state index contributed by atoms with van der Waals surface area (Å²) in [5.41, 5.74) is 2.16. The van der Waals surface area contributed by atoms with Gasteiger partial charge < -0.3 is 19.5 Å². The second-order valence-electron chi connectivity index (χ2n) is 10.2. The molecule has 34 heavy (non-hydrogen) atoms. The fourth-order valence-corrected chi connectivity index (χ4v) is 4.14. The Morgan fingerprint density at radius 1 is 1.15 bits per heavy atom. The molecule has 1 aromatic carbocycles. The standard InChI is InChI=1S/C26H34N4O4/c1-25(2,3)34-24(31)28-26(4,5)17-10-12-20(27-15-17)18-11-13-21-19(23(18)32-6)16-30(29-21)22-9-7-8-14-33-22/h10-13,15-16,22H,7-9,14H2,1-6H3,(H,28,31). The zero-order valence-electron chi connectivity index (χ0n) is 20.8. The van der Waals surface area contributed by atoms with Gasteiger partial charge in [-0.1, -0.05) is 6.07 Å². The van der Waals surface area contributed by atoms with Crippen LogP contribution >= 0.6 is 0 Å². The molecule has 1 atom stereocenters. The number of hydrogen-bond acceptors (Lipinski definition) is 6. The molecular weight excluding hydrogens is 432 g/mol. The van der Waals surface area contributed by atoms with E-state index >= 15 is 0 Å². The van der Waals surface area contributed by atoms with E-state index in [2.05, 4.69) is 10.3 Å². The van der Waals surface area contributed by atoms with Gasteiger partial charge in [0.1, 0.15) is 17.6 Å². The van der Waals surface area contributed by atoms with Crippen LogP contribution in [0.1, 0.15) is 65.7 Å². The lowest BCUT2D eigenvalue weighted by atomic mass is 9.95. The lowest BCUT2D eigenvalue weighted by Gasteiger charge is -2.29. The number of benzene rings is 1. The smallest absolute Gasteiger partial charge is 0.408 e. The van der Waals surface area contributed by atoms with E-state index in [0.29, 0.717) is 0 Å². The minimum Gasteiger partial charge on any atom is -0.495 e. The number of rotatable bonds is 5. The Morgan fingerprint density at radius 3 is 2.56 bits per heavy atom. The Morgan fingerprint density at radius 2 is 1.94 bits per heavy atom. The molecule has 1 fully saturated rings. The molecule has 0 bridgehead atoms. The number of methoxy groups -OCH3 is 1. The van der Waals surface area contributed by atoms with Gasteiger partial charge in [0.2, 0.25) is 0 Å². The van der Waals surface area contributed by atoms with Gasteiger partial charge in [-0.2, -0.15) is 5.10 Å². The Bertz CT molecular complexity index is 1160. The highest BCUT2D eigenvalue weighted by Gasteiger charge is 2.27. The molecule has 1 amide bonds. The second-order valence-corrected chi connectivity index (χ2v) is 10.2. The third-order valence-electron chi connectivity index (χ3n) is 5.89. The largest absolute Gasteiger partial charge is 0.495 e. The summed E-state index contributed by atoms with van der Waals surface area (Å²) < 4.78 is 19.0. The summed E-state index contributed by atoms with van der Waals surface area (Å²) in [5, 5.41) is 8.56. The van der Waals surface area contributed by atoms with Crippen LogP contribution < -0.4 is 10.1 Å². The normalized spacial score (nSPS) is 16.9. The molecule has 1 N–H and O–H groups in total. The molecule has 8 heteroatoms. The van der Waals surface area contributed by atoms with E-state index in [-0.39, 0.29) is 6.23 Å². The minimum absolute atomic E-state index is 0.0357. The quantitative estimate of drug-likeness (QED) is 0.529. The summed E-state index contributed by atoms with van der Waals surface area (Å²) in [5.74, 6) is 0.728. The maximum atomic E-state index is 12.3. The number of pyridine rings is 1. The molecule has 4 rings (SSSR count). The summed E-state index contributed by atoms with van der Waals surface area (Å²) in [4.78, 5) is 17.0. The maximum Gasteiger partial charge on any atom is 0.408 e. The minimum atomic E-state index is -0.650. The monoisotopic (exact) mass is 466 g/mol. The number of hydrogen-bond donors (Lipinski definition) is 1. The first-order valence-corrected chi connectivity index (χ1v) is 11.7. The van der Waals surface area contributed by atoms with Gasteiger partial charge in [-0.15, -0.1) is 0 Å². The summed E-state index contributed by atoms with van der Waals surface area (Å²) in [7, 11) is 1.66. The summed E-state index contributed by atoms with van der Waals surface area (Å²) in [6.45, 7) is 10.1. The third-order valence-corrected chi connectivity index (χ3v) is 5.89. The predicted molar refractivity (Wildman–Crippen MR) is 131 cm³/mol. The van der Waals surface area contributed by atoms with Gasteiger partial charge in [-0.05, 0) is 77.6 Å². The van der Waals surface area contributed by atoms with E-state index in [1.54, 1.807) is 13.3 Å². The van der Waals surface area contributed by atoms with Gasteiger partial charge in [-0.3, -0.25) is 4.98 Å². The zero-order chi connectivity index (χ0) is 24.5. The molecule has 0 saturated carbocycles. The summed E-state index contributed by atoms with van der Waals surface area (Å²) in [6.07, 6.45) is 6.46. The Labute approximate surface area is 200 Å². The van der Waals surface area contributed by atoms with Crippen LogP contribution in [-0.4, -0.2) is 40.2 Å². The summed E-state index contributed by atoms with van der Waals surface area (Å²) in [6, 6.07) is 7.86. The van der Waals surface area contributed by atoms with Crippen LogP contribution in [0, 0.1) is 0 Å². The first-order valence-electron chi connectivity index (χ1n) is 11.7. The predicted octanol–water partition coefficient (Wildman–Crippen LogP) is 5.57. The van der Waals surface area contributed by atoms with Crippen LogP contribution in [-0.2, 0) is 15.0 Å². The van der Waals surface area contributed by atoms with Crippen molar-refractivity contribution < 1.29 is 19.0 Å². The lowest BCUT2D eigenvalue weighted by Crippen LogP contribution is -2.43. The van der Waals surface area contributed by atoms with E-state index < -0.39 is 17.2 Å². The molecule has 3 aromatic rings. The van der Waals surface area contributed by atoms with Gasteiger partial charge in [0.05, 0.1) is 29.2 Å². The van der Waals surface area contributed by atoms with Crippen molar-refractivity contribution in [2.45, 2.75) is 71.2 Å². The average molecular weight is 467 g/mol. The zero-order valence-corrected chi connectivity index (χ0v) is 20.8. The van der Waals surface area contributed by atoms with Crippen molar-refractivity contribution in [3.63, 3.8) is 0 Å². The number of amides is 1. The molecule has 3 heterocycles. The van der Waals surface area contributed by atoms with Crippen molar-refractivity contribution in [2.24, 2.45) is 0 Å². The van der Waals surface area contributed by atoms with E-state index in [9.17, 15) is 4.79 Å².